The number of hydrogen-bond acceptors (Lipinski definition) is 5. The van der Waals surface area contributed by atoms with E-state index in [1.165, 1.54) is 13.2 Å². The highest BCUT2D eigenvalue weighted by Crippen LogP contribution is 2.07. The number of carbonyl (C=O) groups excluding carboxylic acids is 2. The zero-order chi connectivity index (χ0) is 11.3. The molecule has 15 heavy (non-hydrogen) atoms. The van der Waals surface area contributed by atoms with Crippen LogP contribution in [-0.4, -0.2) is 25.7 Å². The van der Waals surface area contributed by atoms with E-state index in [1.54, 1.807) is 18.2 Å². The number of rotatable bonds is 3. The van der Waals surface area contributed by atoms with Crippen molar-refractivity contribution in [2.45, 2.75) is 0 Å². The van der Waals surface area contributed by atoms with E-state index in [-0.39, 0.29) is 0 Å². The first-order valence-corrected chi connectivity index (χ1v) is 4.23. The lowest BCUT2D eigenvalue weighted by atomic mass is 10.2. The molecule has 0 atom stereocenters. The van der Waals surface area contributed by atoms with Crippen LogP contribution in [0.25, 0.3) is 0 Å². The van der Waals surface area contributed by atoms with Crippen molar-refractivity contribution >= 4 is 17.6 Å². The van der Waals surface area contributed by atoms with Gasteiger partial charge in [0.05, 0.1) is 12.7 Å². The third-order valence-corrected chi connectivity index (χ3v) is 1.67. The highest BCUT2D eigenvalue weighted by molar-refractivity contribution is 5.91. The minimum Gasteiger partial charge on any atom is -0.466 e. The van der Waals surface area contributed by atoms with Crippen LogP contribution in [0.3, 0.4) is 0 Å². The summed E-state index contributed by atoms with van der Waals surface area (Å²) in [6, 6.07) is 6.30. The second kappa shape index (κ2) is 4.99. The molecular formula is C10H11NO4. The van der Waals surface area contributed by atoms with Crippen LogP contribution in [0.15, 0.2) is 24.3 Å². The molecule has 0 saturated carbocycles. The number of esters is 2. The van der Waals surface area contributed by atoms with E-state index in [0.717, 1.165) is 0 Å². The number of nitrogens with two attached hydrogens (primary N) is 1. The average Bonchev–Trinajstić information content (AvgIpc) is 2.25. The van der Waals surface area contributed by atoms with Gasteiger partial charge in [0, 0.05) is 5.69 Å². The molecule has 0 bridgehead atoms. The molecule has 0 aliphatic heterocycles. The molecule has 0 saturated heterocycles. The van der Waals surface area contributed by atoms with Gasteiger partial charge in [-0.2, -0.15) is 0 Å². The highest BCUT2D eigenvalue weighted by Gasteiger charge is 2.09. The lowest BCUT2D eigenvalue weighted by Gasteiger charge is -2.03. The maximum absolute atomic E-state index is 11.3. The van der Waals surface area contributed by atoms with Crippen LogP contribution >= 0.6 is 0 Å². The molecule has 1 aromatic carbocycles. The summed E-state index contributed by atoms with van der Waals surface area (Å²) in [5.41, 5.74) is 6.24. The molecule has 0 radical (unpaired) electrons. The Balaban J connectivity index is 2.58. The molecule has 1 aromatic rings. The fourth-order valence-corrected chi connectivity index (χ4v) is 0.932. The van der Waals surface area contributed by atoms with Gasteiger partial charge in [-0.1, -0.05) is 6.07 Å². The van der Waals surface area contributed by atoms with Crippen molar-refractivity contribution in [3.8, 4) is 0 Å². The van der Waals surface area contributed by atoms with E-state index in [2.05, 4.69) is 9.47 Å². The fourth-order valence-electron chi connectivity index (χ4n) is 0.932. The Kier molecular flexibility index (Phi) is 3.68. The summed E-state index contributed by atoms with van der Waals surface area (Å²) >= 11 is 0. The Morgan fingerprint density at radius 2 is 2.13 bits per heavy atom. The normalized spacial score (nSPS) is 9.40. The fraction of sp³-hybridized carbons (Fsp3) is 0.200. The van der Waals surface area contributed by atoms with E-state index >= 15 is 0 Å². The van der Waals surface area contributed by atoms with Gasteiger partial charge in [-0.15, -0.1) is 0 Å². The predicted octanol–water partition coefficient (Wildman–Crippen LogP) is 0.599. The first-order chi connectivity index (χ1) is 7.13. The van der Waals surface area contributed by atoms with Crippen molar-refractivity contribution in [2.24, 2.45) is 0 Å². The summed E-state index contributed by atoms with van der Waals surface area (Å²) in [5.74, 6) is -1.21. The van der Waals surface area contributed by atoms with E-state index in [4.69, 9.17) is 5.73 Å². The maximum Gasteiger partial charge on any atom is 0.344 e. The molecule has 5 nitrogen and oxygen atoms in total. The van der Waals surface area contributed by atoms with Crippen molar-refractivity contribution in [1.82, 2.24) is 0 Å². The van der Waals surface area contributed by atoms with Crippen LogP contribution in [-0.2, 0) is 14.3 Å². The number of methoxy groups -OCH3 is 1. The van der Waals surface area contributed by atoms with Gasteiger partial charge >= 0.3 is 11.9 Å². The summed E-state index contributed by atoms with van der Waals surface area (Å²) in [7, 11) is 1.22. The standard InChI is InChI=1S/C10H11NO4/c1-14-9(12)6-15-10(13)7-3-2-4-8(11)5-7/h2-5H,6,11H2,1H3. The molecule has 0 aliphatic rings. The molecule has 0 heterocycles. The van der Waals surface area contributed by atoms with Crippen molar-refractivity contribution in [3.63, 3.8) is 0 Å². The third kappa shape index (κ3) is 3.30. The molecule has 0 aliphatic carbocycles. The Bertz CT molecular complexity index is 375. The Morgan fingerprint density at radius 1 is 1.40 bits per heavy atom. The van der Waals surface area contributed by atoms with E-state index < -0.39 is 18.5 Å². The summed E-state index contributed by atoms with van der Waals surface area (Å²) in [6.45, 7) is -0.399. The number of carbonyl (C=O) groups is 2. The zero-order valence-electron chi connectivity index (χ0n) is 8.23. The number of hydrogen-bond donors (Lipinski definition) is 1. The second-order valence-corrected chi connectivity index (χ2v) is 2.78. The second-order valence-electron chi connectivity index (χ2n) is 2.78. The highest BCUT2D eigenvalue weighted by atomic mass is 16.6. The Morgan fingerprint density at radius 3 is 2.73 bits per heavy atom. The van der Waals surface area contributed by atoms with Gasteiger partial charge in [0.2, 0.25) is 0 Å². The van der Waals surface area contributed by atoms with Gasteiger partial charge in [-0.25, -0.2) is 9.59 Å². The van der Waals surface area contributed by atoms with Crippen LogP contribution in [0.2, 0.25) is 0 Å². The molecular weight excluding hydrogens is 198 g/mol. The van der Waals surface area contributed by atoms with Gasteiger partial charge in [0.1, 0.15) is 0 Å². The van der Waals surface area contributed by atoms with Crippen LogP contribution < -0.4 is 5.73 Å². The minimum absolute atomic E-state index is 0.305. The van der Waals surface area contributed by atoms with E-state index in [0.29, 0.717) is 11.3 Å². The summed E-state index contributed by atoms with van der Waals surface area (Å²) in [6.07, 6.45) is 0. The van der Waals surface area contributed by atoms with Gasteiger partial charge in [-0.05, 0) is 18.2 Å². The molecule has 0 aromatic heterocycles. The smallest absolute Gasteiger partial charge is 0.344 e. The molecule has 1 rings (SSSR count). The number of anilines is 1. The van der Waals surface area contributed by atoms with Gasteiger partial charge < -0.3 is 15.2 Å². The molecule has 0 unspecified atom stereocenters. The van der Waals surface area contributed by atoms with Crippen molar-refractivity contribution in [2.75, 3.05) is 19.5 Å². The van der Waals surface area contributed by atoms with Crippen molar-refractivity contribution in [1.29, 1.82) is 0 Å². The minimum atomic E-state index is -0.604. The lowest BCUT2D eigenvalue weighted by Crippen LogP contribution is -2.15. The molecule has 0 amide bonds. The summed E-state index contributed by atoms with van der Waals surface area (Å²) in [4.78, 5) is 22.0. The zero-order valence-corrected chi connectivity index (χ0v) is 8.23. The predicted molar refractivity (Wildman–Crippen MR) is 53.2 cm³/mol. The molecule has 5 heteroatoms. The third-order valence-electron chi connectivity index (χ3n) is 1.67. The van der Waals surface area contributed by atoms with Crippen LogP contribution in [0.5, 0.6) is 0 Å². The first-order valence-electron chi connectivity index (χ1n) is 4.23. The number of nitrogen functional groups attached to an aromatic ring is 1. The van der Waals surface area contributed by atoms with Gasteiger partial charge in [0.25, 0.3) is 0 Å². The lowest BCUT2D eigenvalue weighted by molar-refractivity contribution is -0.144. The quantitative estimate of drug-likeness (QED) is 0.582. The first kappa shape index (κ1) is 11.0. The summed E-state index contributed by atoms with van der Waals surface area (Å²) < 4.78 is 8.99. The molecule has 2 N–H and O–H groups in total. The van der Waals surface area contributed by atoms with Crippen LogP contribution in [0.4, 0.5) is 5.69 Å². The van der Waals surface area contributed by atoms with E-state index in [9.17, 15) is 9.59 Å². The summed E-state index contributed by atoms with van der Waals surface area (Å²) in [5, 5.41) is 0. The number of ether oxygens (including phenoxy) is 2. The van der Waals surface area contributed by atoms with Gasteiger partial charge in [-0.3, -0.25) is 0 Å². The van der Waals surface area contributed by atoms with Crippen LogP contribution in [0.1, 0.15) is 10.4 Å². The van der Waals surface area contributed by atoms with E-state index in [1.807, 2.05) is 0 Å². The topological polar surface area (TPSA) is 78.6 Å². The van der Waals surface area contributed by atoms with Crippen molar-refractivity contribution in [3.05, 3.63) is 29.8 Å². The van der Waals surface area contributed by atoms with Crippen LogP contribution in [0, 0.1) is 0 Å². The molecule has 0 spiro atoms. The molecule has 80 valence electrons. The monoisotopic (exact) mass is 209 g/mol. The maximum atomic E-state index is 11.3. The van der Waals surface area contributed by atoms with Crippen molar-refractivity contribution < 1.29 is 19.1 Å². The Hall–Kier alpha value is -2.04. The molecule has 0 fully saturated rings. The SMILES string of the molecule is COC(=O)COC(=O)c1cccc(N)c1. The Labute approximate surface area is 86.8 Å². The van der Waals surface area contributed by atoms with Gasteiger partial charge in [0.15, 0.2) is 6.61 Å². The number of benzene rings is 1. The largest absolute Gasteiger partial charge is 0.466 e. The average molecular weight is 209 g/mol.